The van der Waals surface area contributed by atoms with E-state index in [1.165, 1.54) is 16.3 Å². The van der Waals surface area contributed by atoms with E-state index < -0.39 is 0 Å². The lowest BCUT2D eigenvalue weighted by atomic mass is 10.1. The molecule has 1 aromatic rings. The van der Waals surface area contributed by atoms with Crippen molar-refractivity contribution in [1.82, 2.24) is 4.98 Å². The standard InChI is InChI=1S/C11H14NP/c1-8-6-9-4-3-5-11(2,13)7-10(9)12-8/h3-7,12H,13H2,1-2H3. The Bertz CT molecular complexity index is 463. The van der Waals surface area contributed by atoms with Crippen molar-refractivity contribution >= 4 is 21.4 Å². The predicted octanol–water partition coefficient (Wildman–Crippen LogP) is 1.09. The number of hydrogen-bond acceptors (Lipinski definition) is 0. The molecular weight excluding hydrogens is 177 g/mol. The molecule has 0 radical (unpaired) electrons. The lowest BCUT2D eigenvalue weighted by Crippen LogP contribution is -2.24. The van der Waals surface area contributed by atoms with Crippen molar-refractivity contribution in [3.63, 3.8) is 0 Å². The van der Waals surface area contributed by atoms with Crippen molar-refractivity contribution in [3.05, 3.63) is 34.5 Å². The van der Waals surface area contributed by atoms with E-state index in [9.17, 15) is 0 Å². The summed E-state index contributed by atoms with van der Waals surface area (Å²) in [5.74, 6) is 0. The Labute approximate surface area is 80.5 Å². The van der Waals surface area contributed by atoms with Crippen molar-refractivity contribution in [2.75, 3.05) is 0 Å². The molecule has 0 aromatic carbocycles. The van der Waals surface area contributed by atoms with Crippen LogP contribution in [0.4, 0.5) is 0 Å². The van der Waals surface area contributed by atoms with Crippen LogP contribution in [0, 0.1) is 6.92 Å². The molecule has 0 amide bonds. The second-order valence-corrected chi connectivity index (χ2v) is 5.10. The molecule has 0 fully saturated rings. The summed E-state index contributed by atoms with van der Waals surface area (Å²) in [7, 11) is 2.85. The molecule has 1 heterocycles. The average molecular weight is 191 g/mol. The van der Waals surface area contributed by atoms with Gasteiger partial charge in [-0.15, -0.1) is 9.24 Å². The first kappa shape index (κ1) is 8.77. The molecule has 1 N–H and O–H groups in total. The third-order valence-corrected chi connectivity index (χ3v) is 2.56. The Kier molecular flexibility index (Phi) is 1.92. The summed E-state index contributed by atoms with van der Waals surface area (Å²) in [5.41, 5.74) is 1.22. The van der Waals surface area contributed by atoms with Gasteiger partial charge in [0.15, 0.2) is 0 Å². The highest BCUT2D eigenvalue weighted by atomic mass is 31.0. The SMILES string of the molecule is Cc1cc2c([nH]1)=CC(C)(P)C=CC=2. The van der Waals surface area contributed by atoms with Crippen LogP contribution in [-0.2, 0) is 0 Å². The molecule has 13 heavy (non-hydrogen) atoms. The zero-order chi connectivity index (χ0) is 9.47. The molecule has 0 bridgehead atoms. The molecule has 2 unspecified atom stereocenters. The number of aromatic nitrogens is 1. The van der Waals surface area contributed by atoms with E-state index in [4.69, 9.17) is 0 Å². The highest BCUT2D eigenvalue weighted by Crippen LogP contribution is 2.21. The maximum atomic E-state index is 3.35. The number of aromatic amines is 1. The molecular formula is C11H14NP. The van der Waals surface area contributed by atoms with Crippen LogP contribution in [0.2, 0.25) is 0 Å². The number of allylic oxidation sites excluding steroid dienone is 2. The molecule has 1 aromatic heterocycles. The van der Waals surface area contributed by atoms with Crippen molar-refractivity contribution in [2.45, 2.75) is 19.0 Å². The second kappa shape index (κ2) is 2.85. The van der Waals surface area contributed by atoms with E-state index in [0.717, 1.165) is 0 Å². The lowest BCUT2D eigenvalue weighted by molar-refractivity contribution is 1.06. The monoisotopic (exact) mass is 191 g/mol. The summed E-state index contributed by atoms with van der Waals surface area (Å²) in [5, 5.41) is 2.57. The fourth-order valence-electron chi connectivity index (χ4n) is 1.61. The number of nitrogens with one attached hydrogen (secondary N) is 1. The average Bonchev–Trinajstić information content (AvgIpc) is 2.23. The highest BCUT2D eigenvalue weighted by molar-refractivity contribution is 7.20. The smallest absolute Gasteiger partial charge is 0.0427 e. The van der Waals surface area contributed by atoms with Crippen LogP contribution in [0.15, 0.2) is 18.2 Å². The van der Waals surface area contributed by atoms with Gasteiger partial charge in [0.1, 0.15) is 0 Å². The summed E-state index contributed by atoms with van der Waals surface area (Å²) in [6.45, 7) is 4.26. The molecule has 1 nitrogen and oxygen atoms in total. The predicted molar refractivity (Wildman–Crippen MR) is 61.0 cm³/mol. The van der Waals surface area contributed by atoms with Crippen molar-refractivity contribution in [2.24, 2.45) is 0 Å². The normalized spacial score (nSPS) is 25.8. The van der Waals surface area contributed by atoms with Crippen LogP contribution < -0.4 is 10.6 Å². The first-order chi connectivity index (χ1) is 6.07. The summed E-state index contributed by atoms with van der Waals surface area (Å²) < 4.78 is 0. The lowest BCUT2D eigenvalue weighted by Gasteiger charge is -2.12. The Hall–Kier alpha value is -0.810. The van der Waals surface area contributed by atoms with E-state index in [2.05, 4.69) is 58.4 Å². The Morgan fingerprint density at radius 1 is 1.46 bits per heavy atom. The van der Waals surface area contributed by atoms with Crippen LogP contribution in [0.25, 0.3) is 12.2 Å². The third kappa shape index (κ3) is 1.76. The highest BCUT2D eigenvalue weighted by Gasteiger charge is 2.10. The zero-order valence-corrected chi connectivity index (χ0v) is 9.12. The summed E-state index contributed by atoms with van der Waals surface area (Å²) in [4.78, 5) is 3.35. The topological polar surface area (TPSA) is 15.8 Å². The zero-order valence-electron chi connectivity index (χ0n) is 7.96. The second-order valence-electron chi connectivity index (χ2n) is 3.86. The van der Waals surface area contributed by atoms with Crippen LogP contribution in [0.5, 0.6) is 0 Å². The van der Waals surface area contributed by atoms with E-state index >= 15 is 0 Å². The molecule has 0 saturated heterocycles. The van der Waals surface area contributed by atoms with Crippen molar-refractivity contribution in [1.29, 1.82) is 0 Å². The first-order valence-corrected chi connectivity index (χ1v) is 5.01. The van der Waals surface area contributed by atoms with E-state index in [-0.39, 0.29) is 5.16 Å². The van der Waals surface area contributed by atoms with Gasteiger partial charge >= 0.3 is 0 Å². The van der Waals surface area contributed by atoms with E-state index in [0.29, 0.717) is 0 Å². The Morgan fingerprint density at radius 3 is 3.00 bits per heavy atom. The van der Waals surface area contributed by atoms with Crippen LogP contribution >= 0.6 is 9.24 Å². The van der Waals surface area contributed by atoms with Gasteiger partial charge in [-0.1, -0.05) is 18.2 Å². The molecule has 0 spiro atoms. The minimum atomic E-state index is 0.0685. The van der Waals surface area contributed by atoms with Crippen molar-refractivity contribution in [3.8, 4) is 0 Å². The number of fused-ring (bicyclic) bond motifs is 1. The summed E-state index contributed by atoms with van der Waals surface area (Å²) >= 11 is 0. The third-order valence-electron chi connectivity index (χ3n) is 2.20. The molecule has 0 aliphatic heterocycles. The fraction of sp³-hybridized carbons (Fsp3) is 0.273. The van der Waals surface area contributed by atoms with E-state index in [1.807, 2.05) is 0 Å². The van der Waals surface area contributed by atoms with Gasteiger partial charge < -0.3 is 4.98 Å². The Morgan fingerprint density at radius 2 is 2.23 bits per heavy atom. The number of rotatable bonds is 0. The fourth-order valence-corrected chi connectivity index (χ4v) is 1.88. The van der Waals surface area contributed by atoms with Crippen LogP contribution in [0.1, 0.15) is 12.6 Å². The van der Waals surface area contributed by atoms with Gasteiger partial charge in [0.2, 0.25) is 0 Å². The Balaban J connectivity index is 2.76. The maximum absolute atomic E-state index is 3.35. The van der Waals surface area contributed by atoms with Gasteiger partial charge in [0.05, 0.1) is 0 Å². The number of H-pyrrole nitrogens is 1. The molecule has 2 heteroatoms. The van der Waals surface area contributed by atoms with Crippen LogP contribution in [-0.4, -0.2) is 10.1 Å². The quantitative estimate of drug-likeness (QED) is 0.591. The van der Waals surface area contributed by atoms with Crippen LogP contribution in [0.3, 0.4) is 0 Å². The van der Waals surface area contributed by atoms with Gasteiger partial charge in [0, 0.05) is 16.2 Å². The minimum absolute atomic E-state index is 0.0685. The largest absolute Gasteiger partial charge is 0.359 e. The molecule has 68 valence electrons. The van der Waals surface area contributed by atoms with E-state index in [1.54, 1.807) is 0 Å². The molecule has 1 aliphatic rings. The first-order valence-electron chi connectivity index (χ1n) is 4.44. The maximum Gasteiger partial charge on any atom is 0.0427 e. The van der Waals surface area contributed by atoms with Gasteiger partial charge in [-0.3, -0.25) is 0 Å². The summed E-state index contributed by atoms with van der Waals surface area (Å²) in [6.07, 6.45) is 8.67. The molecule has 1 aliphatic carbocycles. The molecule has 2 atom stereocenters. The van der Waals surface area contributed by atoms with Gasteiger partial charge in [0.25, 0.3) is 0 Å². The summed E-state index contributed by atoms with van der Waals surface area (Å²) in [6, 6.07) is 2.17. The van der Waals surface area contributed by atoms with Gasteiger partial charge in [-0.25, -0.2) is 0 Å². The number of hydrogen-bond donors (Lipinski definition) is 1. The van der Waals surface area contributed by atoms with Crippen molar-refractivity contribution < 1.29 is 0 Å². The van der Waals surface area contributed by atoms with Gasteiger partial charge in [-0.05, 0) is 31.2 Å². The minimum Gasteiger partial charge on any atom is -0.359 e. The molecule has 2 rings (SSSR count). The number of aryl methyl sites for hydroxylation is 1. The van der Waals surface area contributed by atoms with Gasteiger partial charge in [-0.2, -0.15) is 0 Å². The molecule has 0 saturated carbocycles.